The van der Waals surface area contributed by atoms with Gasteiger partial charge in [0.15, 0.2) is 0 Å². The number of hydrogen-bond acceptors (Lipinski definition) is 3. The van der Waals surface area contributed by atoms with Gasteiger partial charge in [-0.25, -0.2) is 0 Å². The van der Waals surface area contributed by atoms with Gasteiger partial charge in [-0.1, -0.05) is 6.42 Å². The minimum absolute atomic E-state index is 0.596. The maximum atomic E-state index is 11.0. The summed E-state index contributed by atoms with van der Waals surface area (Å²) in [5.74, 6) is -0.773. The Morgan fingerprint density at radius 1 is 1.43 bits per heavy atom. The molecule has 0 aromatic heterocycles. The number of nitrogens with one attached hydrogen (secondary N) is 1. The van der Waals surface area contributed by atoms with Crippen LogP contribution >= 0.6 is 0 Å². The van der Waals surface area contributed by atoms with Crippen molar-refractivity contribution in [3.05, 3.63) is 0 Å². The molecule has 14 heavy (non-hydrogen) atoms. The molecule has 2 N–H and O–H groups in total. The summed E-state index contributed by atoms with van der Waals surface area (Å²) in [5.41, 5.74) is -0.808. The number of rotatable bonds is 4. The minimum atomic E-state index is -0.808. The van der Waals surface area contributed by atoms with Crippen molar-refractivity contribution in [3.8, 4) is 0 Å². The van der Waals surface area contributed by atoms with E-state index in [4.69, 9.17) is 5.11 Å². The van der Waals surface area contributed by atoms with Crippen LogP contribution in [0, 0.1) is 0 Å². The van der Waals surface area contributed by atoms with E-state index in [-0.39, 0.29) is 0 Å². The van der Waals surface area contributed by atoms with Gasteiger partial charge < -0.3 is 15.3 Å². The van der Waals surface area contributed by atoms with E-state index in [1.54, 1.807) is 14.0 Å². The molecular formula is C10H20N2O2. The molecule has 1 saturated heterocycles. The Labute approximate surface area is 85.3 Å². The fourth-order valence-corrected chi connectivity index (χ4v) is 1.82. The van der Waals surface area contributed by atoms with Gasteiger partial charge in [0.2, 0.25) is 0 Å². The predicted octanol–water partition coefficient (Wildman–Crippen LogP) is 0.535. The monoisotopic (exact) mass is 200 g/mol. The number of carboxylic acids is 1. The Morgan fingerprint density at radius 3 is 2.43 bits per heavy atom. The van der Waals surface area contributed by atoms with Crippen LogP contribution in [-0.2, 0) is 4.79 Å². The molecule has 0 amide bonds. The van der Waals surface area contributed by atoms with E-state index in [0.717, 1.165) is 13.1 Å². The zero-order valence-corrected chi connectivity index (χ0v) is 9.05. The molecule has 0 spiro atoms. The number of hydrogen-bond donors (Lipinski definition) is 2. The first kappa shape index (κ1) is 11.5. The number of carbonyl (C=O) groups is 1. The summed E-state index contributed by atoms with van der Waals surface area (Å²) >= 11 is 0. The molecule has 0 bridgehead atoms. The van der Waals surface area contributed by atoms with Gasteiger partial charge in [0.25, 0.3) is 0 Å². The Hall–Kier alpha value is -0.610. The van der Waals surface area contributed by atoms with E-state index in [1.165, 1.54) is 19.3 Å². The highest BCUT2D eigenvalue weighted by Crippen LogP contribution is 2.13. The lowest BCUT2D eigenvalue weighted by Crippen LogP contribution is -2.56. The quantitative estimate of drug-likeness (QED) is 0.695. The zero-order chi connectivity index (χ0) is 10.6. The Morgan fingerprint density at radius 2 is 2.00 bits per heavy atom. The van der Waals surface area contributed by atoms with Crippen molar-refractivity contribution in [2.45, 2.75) is 31.7 Å². The normalized spacial score (nSPS) is 23.0. The molecule has 1 aliphatic rings. The van der Waals surface area contributed by atoms with Crippen molar-refractivity contribution in [3.63, 3.8) is 0 Å². The number of piperidine rings is 1. The highest BCUT2D eigenvalue weighted by Gasteiger charge is 2.33. The van der Waals surface area contributed by atoms with Crippen LogP contribution in [0.25, 0.3) is 0 Å². The van der Waals surface area contributed by atoms with Crippen LogP contribution in [0.15, 0.2) is 0 Å². The predicted molar refractivity (Wildman–Crippen MR) is 55.4 cm³/mol. The van der Waals surface area contributed by atoms with Gasteiger partial charge in [0, 0.05) is 6.54 Å². The van der Waals surface area contributed by atoms with Crippen LogP contribution in [-0.4, -0.2) is 48.2 Å². The lowest BCUT2D eigenvalue weighted by Gasteiger charge is -2.34. The fraction of sp³-hybridized carbons (Fsp3) is 0.900. The summed E-state index contributed by atoms with van der Waals surface area (Å²) < 4.78 is 0. The van der Waals surface area contributed by atoms with Gasteiger partial charge in [-0.15, -0.1) is 0 Å². The maximum Gasteiger partial charge on any atom is 0.324 e. The Kier molecular flexibility index (Phi) is 3.89. The van der Waals surface area contributed by atoms with Crippen LogP contribution in [0.1, 0.15) is 26.2 Å². The highest BCUT2D eigenvalue weighted by atomic mass is 16.4. The van der Waals surface area contributed by atoms with Gasteiger partial charge in [0.1, 0.15) is 5.54 Å². The van der Waals surface area contributed by atoms with Crippen LogP contribution < -0.4 is 5.32 Å². The first-order chi connectivity index (χ1) is 6.58. The number of aliphatic carboxylic acids is 1. The van der Waals surface area contributed by atoms with Crippen LogP contribution in [0.5, 0.6) is 0 Å². The van der Waals surface area contributed by atoms with Crippen molar-refractivity contribution in [2.75, 3.05) is 26.7 Å². The molecule has 1 atom stereocenters. The average Bonchev–Trinajstić information content (AvgIpc) is 2.19. The van der Waals surface area contributed by atoms with Gasteiger partial charge in [-0.3, -0.25) is 4.79 Å². The Balaban J connectivity index is 2.50. The second kappa shape index (κ2) is 4.75. The van der Waals surface area contributed by atoms with Gasteiger partial charge >= 0.3 is 5.97 Å². The fourth-order valence-electron chi connectivity index (χ4n) is 1.82. The third kappa shape index (κ3) is 2.69. The molecule has 0 aromatic rings. The summed E-state index contributed by atoms with van der Waals surface area (Å²) in [6.07, 6.45) is 3.67. The standard InChI is InChI=1S/C10H20N2O2/c1-10(11-2,9(13)14)8-12-6-4-3-5-7-12/h11H,3-8H2,1-2H3,(H,13,14). The third-order valence-electron chi connectivity index (χ3n) is 3.01. The van der Waals surface area contributed by atoms with Crippen LogP contribution in [0.3, 0.4) is 0 Å². The highest BCUT2D eigenvalue weighted by molar-refractivity contribution is 5.78. The molecular weight excluding hydrogens is 180 g/mol. The molecule has 0 saturated carbocycles. The van der Waals surface area contributed by atoms with E-state index in [1.807, 2.05) is 0 Å². The average molecular weight is 200 g/mol. The lowest BCUT2D eigenvalue weighted by atomic mass is 10.0. The number of carboxylic acid groups (broad SMARTS) is 1. The zero-order valence-electron chi connectivity index (χ0n) is 9.05. The number of likely N-dealkylation sites (tertiary alicyclic amines) is 1. The molecule has 0 radical (unpaired) electrons. The van der Waals surface area contributed by atoms with E-state index >= 15 is 0 Å². The van der Waals surface area contributed by atoms with Gasteiger partial charge in [-0.05, 0) is 39.9 Å². The lowest BCUT2D eigenvalue weighted by molar-refractivity contribution is -0.144. The van der Waals surface area contributed by atoms with E-state index in [9.17, 15) is 4.79 Å². The maximum absolute atomic E-state index is 11.0. The molecule has 1 rings (SSSR count). The molecule has 1 aliphatic heterocycles. The second-order valence-corrected chi connectivity index (χ2v) is 4.22. The molecule has 1 unspecified atom stereocenters. The summed E-state index contributed by atoms with van der Waals surface area (Å²) in [5, 5.41) is 12.0. The molecule has 4 heteroatoms. The number of likely N-dealkylation sites (N-methyl/N-ethyl adjacent to an activating group) is 1. The van der Waals surface area contributed by atoms with Crippen LogP contribution in [0.2, 0.25) is 0 Å². The minimum Gasteiger partial charge on any atom is -0.480 e. The molecule has 4 nitrogen and oxygen atoms in total. The van der Waals surface area contributed by atoms with Crippen LogP contribution in [0.4, 0.5) is 0 Å². The van der Waals surface area contributed by atoms with E-state index in [2.05, 4.69) is 10.2 Å². The largest absolute Gasteiger partial charge is 0.480 e. The summed E-state index contributed by atoms with van der Waals surface area (Å²) in [6, 6.07) is 0. The smallest absolute Gasteiger partial charge is 0.324 e. The van der Waals surface area contributed by atoms with Gasteiger partial charge in [-0.2, -0.15) is 0 Å². The van der Waals surface area contributed by atoms with E-state index in [0.29, 0.717) is 6.54 Å². The molecule has 1 fully saturated rings. The SMILES string of the molecule is CNC(C)(CN1CCCCC1)C(=O)O. The molecule has 1 heterocycles. The molecule has 82 valence electrons. The summed E-state index contributed by atoms with van der Waals surface area (Å²) in [7, 11) is 1.71. The topological polar surface area (TPSA) is 52.6 Å². The first-order valence-electron chi connectivity index (χ1n) is 5.23. The van der Waals surface area contributed by atoms with E-state index < -0.39 is 11.5 Å². The first-order valence-corrected chi connectivity index (χ1v) is 5.23. The second-order valence-electron chi connectivity index (χ2n) is 4.22. The van der Waals surface area contributed by atoms with Crippen molar-refractivity contribution in [1.29, 1.82) is 0 Å². The van der Waals surface area contributed by atoms with Crippen molar-refractivity contribution >= 4 is 5.97 Å². The summed E-state index contributed by atoms with van der Waals surface area (Å²) in [6.45, 7) is 4.40. The van der Waals surface area contributed by atoms with Crippen molar-refractivity contribution < 1.29 is 9.90 Å². The summed E-state index contributed by atoms with van der Waals surface area (Å²) in [4.78, 5) is 13.3. The molecule has 0 aromatic carbocycles. The van der Waals surface area contributed by atoms with Crippen molar-refractivity contribution in [2.24, 2.45) is 0 Å². The Bertz CT molecular complexity index is 202. The molecule has 0 aliphatic carbocycles. The number of nitrogens with zero attached hydrogens (tertiary/aromatic N) is 1. The third-order valence-corrected chi connectivity index (χ3v) is 3.01. The van der Waals surface area contributed by atoms with Gasteiger partial charge in [0.05, 0.1) is 0 Å². The van der Waals surface area contributed by atoms with Crippen molar-refractivity contribution in [1.82, 2.24) is 10.2 Å².